The Kier molecular flexibility index (Phi) is 3.87. The number of hydrogen-bond acceptors (Lipinski definition) is 5. The highest BCUT2D eigenvalue weighted by Gasteiger charge is 2.34. The molecule has 0 bridgehead atoms. The molecule has 1 aliphatic heterocycles. The zero-order valence-corrected chi connectivity index (χ0v) is 11.7. The molecule has 0 spiro atoms. The lowest BCUT2D eigenvalue weighted by Gasteiger charge is -2.17. The van der Waals surface area contributed by atoms with Crippen LogP contribution in [0.2, 0.25) is 0 Å². The summed E-state index contributed by atoms with van der Waals surface area (Å²) in [7, 11) is 0. The van der Waals surface area contributed by atoms with E-state index in [0.717, 1.165) is 11.6 Å². The van der Waals surface area contributed by atoms with Crippen molar-refractivity contribution in [2.75, 3.05) is 5.75 Å². The molecular formula is C11H19N3S2. The van der Waals surface area contributed by atoms with Crippen LogP contribution in [0.4, 0.5) is 0 Å². The van der Waals surface area contributed by atoms with Crippen LogP contribution >= 0.6 is 23.1 Å². The monoisotopic (exact) mass is 257 g/mol. The highest BCUT2D eigenvalue weighted by molar-refractivity contribution is 8.00. The Morgan fingerprint density at radius 2 is 2.25 bits per heavy atom. The van der Waals surface area contributed by atoms with Crippen LogP contribution in [0.5, 0.6) is 0 Å². The van der Waals surface area contributed by atoms with Gasteiger partial charge in [0.2, 0.25) is 0 Å². The van der Waals surface area contributed by atoms with E-state index in [9.17, 15) is 0 Å². The molecule has 3 nitrogen and oxygen atoms in total. The standard InChI is InChI=1S/C11H19N3S2/c1-8(2)12-7-9-13-14-10(16-9)11(3)5-4-6-15-11/h8,12H,4-7H2,1-3H3. The minimum absolute atomic E-state index is 0.230. The number of nitrogens with one attached hydrogen (secondary N) is 1. The molecule has 0 saturated carbocycles. The Morgan fingerprint density at radius 3 is 2.88 bits per heavy atom. The number of thioether (sulfide) groups is 1. The molecule has 1 saturated heterocycles. The van der Waals surface area contributed by atoms with Crippen molar-refractivity contribution in [1.29, 1.82) is 0 Å². The highest BCUT2D eigenvalue weighted by Crippen LogP contribution is 2.46. The second-order valence-electron chi connectivity index (χ2n) is 4.72. The maximum Gasteiger partial charge on any atom is 0.133 e. The van der Waals surface area contributed by atoms with Crippen molar-refractivity contribution in [2.24, 2.45) is 0 Å². The fraction of sp³-hybridized carbons (Fsp3) is 0.818. The summed E-state index contributed by atoms with van der Waals surface area (Å²) >= 11 is 3.79. The van der Waals surface area contributed by atoms with Gasteiger partial charge in [0.25, 0.3) is 0 Å². The van der Waals surface area contributed by atoms with E-state index in [0.29, 0.717) is 6.04 Å². The number of aromatic nitrogens is 2. The van der Waals surface area contributed by atoms with Crippen molar-refractivity contribution >= 4 is 23.1 Å². The van der Waals surface area contributed by atoms with Crippen LogP contribution in [-0.2, 0) is 11.3 Å². The molecule has 1 N–H and O–H groups in total. The second kappa shape index (κ2) is 5.02. The lowest BCUT2D eigenvalue weighted by molar-refractivity contribution is 0.583. The molecule has 5 heteroatoms. The van der Waals surface area contributed by atoms with E-state index in [1.807, 2.05) is 11.8 Å². The normalized spacial score (nSPS) is 25.5. The van der Waals surface area contributed by atoms with Gasteiger partial charge in [-0.15, -0.1) is 22.0 Å². The highest BCUT2D eigenvalue weighted by atomic mass is 32.2. The van der Waals surface area contributed by atoms with E-state index >= 15 is 0 Å². The Hall–Kier alpha value is -0.130. The van der Waals surface area contributed by atoms with E-state index in [2.05, 4.69) is 36.3 Å². The molecule has 1 aromatic heterocycles. The molecule has 1 atom stereocenters. The summed E-state index contributed by atoms with van der Waals surface area (Å²) in [6.45, 7) is 7.44. The maximum absolute atomic E-state index is 4.36. The van der Waals surface area contributed by atoms with Gasteiger partial charge >= 0.3 is 0 Å². The predicted molar refractivity (Wildman–Crippen MR) is 70.9 cm³/mol. The Bertz CT molecular complexity index is 343. The molecule has 0 aromatic carbocycles. The molecule has 1 fully saturated rings. The van der Waals surface area contributed by atoms with Gasteiger partial charge in [0.05, 0.1) is 4.75 Å². The average Bonchev–Trinajstić information content (AvgIpc) is 2.84. The molecule has 16 heavy (non-hydrogen) atoms. The van der Waals surface area contributed by atoms with Gasteiger partial charge in [-0.25, -0.2) is 0 Å². The Balaban J connectivity index is 2.01. The van der Waals surface area contributed by atoms with Gasteiger partial charge in [0.1, 0.15) is 10.0 Å². The van der Waals surface area contributed by atoms with Gasteiger partial charge in [0.15, 0.2) is 0 Å². The third-order valence-corrected chi connectivity index (χ3v) is 5.64. The van der Waals surface area contributed by atoms with Gasteiger partial charge in [-0.05, 0) is 25.5 Å². The first-order valence-electron chi connectivity index (χ1n) is 5.80. The second-order valence-corrected chi connectivity index (χ2v) is 7.38. The first-order valence-corrected chi connectivity index (χ1v) is 7.60. The van der Waals surface area contributed by atoms with Gasteiger partial charge in [-0.2, -0.15) is 0 Å². The summed E-state index contributed by atoms with van der Waals surface area (Å²) in [6, 6.07) is 0.504. The maximum atomic E-state index is 4.36. The van der Waals surface area contributed by atoms with Crippen molar-refractivity contribution < 1.29 is 0 Å². The summed E-state index contributed by atoms with van der Waals surface area (Å²) in [5.74, 6) is 1.26. The van der Waals surface area contributed by atoms with Crippen LogP contribution in [0, 0.1) is 0 Å². The van der Waals surface area contributed by atoms with Crippen LogP contribution < -0.4 is 5.32 Å². The Labute approximate surface area is 105 Å². The molecule has 0 amide bonds. The molecule has 1 aromatic rings. The lowest BCUT2D eigenvalue weighted by Crippen LogP contribution is -2.21. The summed E-state index contributed by atoms with van der Waals surface area (Å²) in [5, 5.41) is 14.3. The summed E-state index contributed by atoms with van der Waals surface area (Å²) < 4.78 is 0.230. The SMILES string of the molecule is CC(C)NCc1nnc(C2(C)CCCS2)s1. The zero-order chi connectivity index (χ0) is 11.6. The van der Waals surface area contributed by atoms with E-state index in [4.69, 9.17) is 0 Å². The van der Waals surface area contributed by atoms with Crippen LogP contribution in [0.15, 0.2) is 0 Å². The van der Waals surface area contributed by atoms with Gasteiger partial charge in [-0.3, -0.25) is 0 Å². The van der Waals surface area contributed by atoms with Crippen molar-refractivity contribution in [3.05, 3.63) is 10.0 Å². The molecular weight excluding hydrogens is 238 g/mol. The molecule has 0 radical (unpaired) electrons. The van der Waals surface area contributed by atoms with E-state index in [-0.39, 0.29) is 4.75 Å². The first-order chi connectivity index (χ1) is 7.60. The molecule has 2 heterocycles. The van der Waals surface area contributed by atoms with Gasteiger partial charge in [0, 0.05) is 12.6 Å². The van der Waals surface area contributed by atoms with Crippen LogP contribution in [0.3, 0.4) is 0 Å². The van der Waals surface area contributed by atoms with Crippen molar-refractivity contribution in [3.8, 4) is 0 Å². The summed E-state index contributed by atoms with van der Waals surface area (Å²) in [5.41, 5.74) is 0. The smallest absolute Gasteiger partial charge is 0.133 e. The number of rotatable bonds is 4. The number of nitrogens with zero attached hydrogens (tertiary/aromatic N) is 2. The van der Waals surface area contributed by atoms with Crippen molar-refractivity contribution in [2.45, 2.75) is 50.9 Å². The number of hydrogen-bond donors (Lipinski definition) is 1. The van der Waals surface area contributed by atoms with E-state index in [1.165, 1.54) is 23.6 Å². The largest absolute Gasteiger partial charge is 0.308 e. The van der Waals surface area contributed by atoms with E-state index < -0.39 is 0 Å². The van der Waals surface area contributed by atoms with Crippen molar-refractivity contribution in [3.63, 3.8) is 0 Å². The van der Waals surface area contributed by atoms with Crippen LogP contribution in [0.1, 0.15) is 43.6 Å². The quantitative estimate of drug-likeness (QED) is 0.900. The molecule has 1 aliphatic rings. The molecule has 90 valence electrons. The molecule has 1 unspecified atom stereocenters. The third-order valence-electron chi connectivity index (χ3n) is 2.80. The minimum atomic E-state index is 0.230. The minimum Gasteiger partial charge on any atom is -0.308 e. The predicted octanol–water partition coefficient (Wildman–Crippen LogP) is 2.78. The third kappa shape index (κ3) is 2.76. The van der Waals surface area contributed by atoms with E-state index in [1.54, 1.807) is 11.3 Å². The van der Waals surface area contributed by atoms with Crippen molar-refractivity contribution in [1.82, 2.24) is 15.5 Å². The summed E-state index contributed by atoms with van der Waals surface area (Å²) in [4.78, 5) is 0. The molecule has 2 rings (SSSR count). The first kappa shape index (κ1) is 12.3. The fourth-order valence-electron chi connectivity index (χ4n) is 1.78. The van der Waals surface area contributed by atoms with Gasteiger partial charge < -0.3 is 5.32 Å². The topological polar surface area (TPSA) is 37.8 Å². The molecule has 0 aliphatic carbocycles. The average molecular weight is 257 g/mol. The van der Waals surface area contributed by atoms with Crippen LogP contribution in [0.25, 0.3) is 0 Å². The summed E-state index contributed by atoms with van der Waals surface area (Å²) in [6.07, 6.45) is 2.55. The van der Waals surface area contributed by atoms with Crippen LogP contribution in [-0.4, -0.2) is 22.0 Å². The fourth-order valence-corrected chi connectivity index (χ4v) is 4.13. The zero-order valence-electron chi connectivity index (χ0n) is 10.1. The Morgan fingerprint density at radius 1 is 1.44 bits per heavy atom. The lowest BCUT2D eigenvalue weighted by atomic mass is 10.1. The van der Waals surface area contributed by atoms with Gasteiger partial charge in [-0.1, -0.05) is 25.2 Å².